The van der Waals surface area contributed by atoms with Gasteiger partial charge in [0.1, 0.15) is 0 Å². The van der Waals surface area contributed by atoms with E-state index in [-0.39, 0.29) is 12.6 Å². The van der Waals surface area contributed by atoms with Gasteiger partial charge in [-0.2, -0.15) is 0 Å². The predicted molar refractivity (Wildman–Crippen MR) is 45.3 cm³/mol. The topological polar surface area (TPSA) is 49.5 Å². The van der Waals surface area contributed by atoms with E-state index in [1.165, 1.54) is 19.3 Å². The van der Waals surface area contributed by atoms with Gasteiger partial charge in [-0.1, -0.05) is 6.42 Å². The van der Waals surface area contributed by atoms with Crippen LogP contribution in [0, 0.1) is 0 Å². The van der Waals surface area contributed by atoms with Crippen molar-refractivity contribution in [3.8, 4) is 0 Å². The summed E-state index contributed by atoms with van der Waals surface area (Å²) in [6.45, 7) is 0.915. The van der Waals surface area contributed by atoms with Crippen LogP contribution in [0.5, 0.6) is 0 Å². The average molecular weight is 158 g/mol. The van der Waals surface area contributed by atoms with Gasteiger partial charge in [-0.05, 0) is 19.9 Å². The number of rotatable bonds is 4. The Morgan fingerprint density at radius 1 is 1.64 bits per heavy atom. The van der Waals surface area contributed by atoms with Crippen LogP contribution in [0.1, 0.15) is 19.3 Å². The molecule has 1 fully saturated rings. The number of aliphatic hydroxyl groups excluding tert-OH is 1. The van der Waals surface area contributed by atoms with Crippen molar-refractivity contribution in [3.05, 3.63) is 0 Å². The van der Waals surface area contributed by atoms with Crippen LogP contribution in [-0.4, -0.2) is 42.3 Å². The summed E-state index contributed by atoms with van der Waals surface area (Å²) in [6, 6.07) is 0.660. The number of hydrogen-bond acceptors (Lipinski definition) is 3. The fraction of sp³-hybridized carbons (Fsp3) is 1.00. The second kappa shape index (κ2) is 4.04. The van der Waals surface area contributed by atoms with Gasteiger partial charge in [0.25, 0.3) is 0 Å². The molecule has 0 amide bonds. The molecule has 1 saturated carbocycles. The Labute approximate surface area is 68.2 Å². The van der Waals surface area contributed by atoms with E-state index in [0.717, 1.165) is 12.6 Å². The van der Waals surface area contributed by atoms with E-state index < -0.39 is 0 Å². The SMILES string of the molecule is CN(CC(N)CO)C1CCC1. The highest BCUT2D eigenvalue weighted by atomic mass is 16.3. The van der Waals surface area contributed by atoms with Crippen LogP contribution in [0.4, 0.5) is 0 Å². The summed E-state index contributed by atoms with van der Waals surface area (Å²) >= 11 is 0. The van der Waals surface area contributed by atoms with Crippen molar-refractivity contribution < 1.29 is 5.11 Å². The fourth-order valence-electron chi connectivity index (χ4n) is 1.40. The van der Waals surface area contributed by atoms with Crippen molar-refractivity contribution in [1.29, 1.82) is 0 Å². The van der Waals surface area contributed by atoms with E-state index in [4.69, 9.17) is 10.8 Å². The fourth-order valence-corrected chi connectivity index (χ4v) is 1.40. The lowest BCUT2D eigenvalue weighted by atomic mass is 9.92. The Kier molecular flexibility index (Phi) is 3.30. The maximum absolute atomic E-state index is 8.70. The van der Waals surface area contributed by atoms with Crippen LogP contribution in [0.25, 0.3) is 0 Å². The van der Waals surface area contributed by atoms with Crippen molar-refractivity contribution in [2.45, 2.75) is 31.3 Å². The van der Waals surface area contributed by atoms with Crippen molar-refractivity contribution in [3.63, 3.8) is 0 Å². The molecule has 0 heterocycles. The van der Waals surface area contributed by atoms with Crippen LogP contribution in [0.2, 0.25) is 0 Å². The third kappa shape index (κ3) is 2.43. The lowest BCUT2D eigenvalue weighted by Crippen LogP contribution is -2.45. The first-order valence-corrected chi connectivity index (χ1v) is 4.30. The van der Waals surface area contributed by atoms with Crippen LogP contribution in [0.3, 0.4) is 0 Å². The first kappa shape index (κ1) is 8.97. The zero-order valence-corrected chi connectivity index (χ0v) is 7.16. The van der Waals surface area contributed by atoms with Gasteiger partial charge in [-0.3, -0.25) is 0 Å². The molecule has 0 spiro atoms. The van der Waals surface area contributed by atoms with Crippen LogP contribution in [-0.2, 0) is 0 Å². The molecule has 0 aromatic rings. The van der Waals surface area contributed by atoms with Crippen LogP contribution >= 0.6 is 0 Å². The summed E-state index contributed by atoms with van der Waals surface area (Å²) in [5, 5.41) is 8.70. The molecule has 0 aromatic carbocycles. The highest BCUT2D eigenvalue weighted by molar-refractivity contribution is 4.79. The monoisotopic (exact) mass is 158 g/mol. The van der Waals surface area contributed by atoms with Gasteiger partial charge >= 0.3 is 0 Å². The Hall–Kier alpha value is -0.120. The van der Waals surface area contributed by atoms with Crippen molar-refractivity contribution >= 4 is 0 Å². The predicted octanol–water partition coefficient (Wildman–Crippen LogP) is -0.210. The summed E-state index contributed by atoms with van der Waals surface area (Å²) in [4.78, 5) is 2.25. The molecule has 0 aliphatic heterocycles. The molecule has 1 atom stereocenters. The highest BCUT2D eigenvalue weighted by Crippen LogP contribution is 2.23. The van der Waals surface area contributed by atoms with Gasteiger partial charge in [0.05, 0.1) is 6.61 Å². The third-order valence-electron chi connectivity index (χ3n) is 2.46. The maximum Gasteiger partial charge on any atom is 0.0595 e. The van der Waals surface area contributed by atoms with E-state index in [9.17, 15) is 0 Å². The largest absolute Gasteiger partial charge is 0.395 e. The highest BCUT2D eigenvalue weighted by Gasteiger charge is 2.22. The molecule has 0 aromatic heterocycles. The van der Waals surface area contributed by atoms with Crippen molar-refractivity contribution in [2.24, 2.45) is 5.73 Å². The molecule has 66 valence electrons. The quantitative estimate of drug-likeness (QED) is 0.595. The van der Waals surface area contributed by atoms with Crippen LogP contribution < -0.4 is 5.73 Å². The third-order valence-corrected chi connectivity index (χ3v) is 2.46. The summed E-state index contributed by atoms with van der Waals surface area (Å²) in [5.41, 5.74) is 5.60. The van der Waals surface area contributed by atoms with Gasteiger partial charge in [-0.15, -0.1) is 0 Å². The minimum atomic E-state index is -0.0689. The molecule has 3 heteroatoms. The van der Waals surface area contributed by atoms with Crippen LogP contribution in [0.15, 0.2) is 0 Å². The Morgan fingerprint density at radius 2 is 2.27 bits per heavy atom. The molecule has 1 aliphatic rings. The first-order chi connectivity index (χ1) is 5.24. The van der Waals surface area contributed by atoms with E-state index in [1.807, 2.05) is 0 Å². The molecule has 1 aliphatic carbocycles. The van der Waals surface area contributed by atoms with E-state index >= 15 is 0 Å². The number of nitrogens with two attached hydrogens (primary N) is 1. The molecule has 1 unspecified atom stereocenters. The van der Waals surface area contributed by atoms with Crippen molar-refractivity contribution in [1.82, 2.24) is 4.90 Å². The Morgan fingerprint density at radius 3 is 2.64 bits per heavy atom. The smallest absolute Gasteiger partial charge is 0.0595 e. The molecule has 0 radical (unpaired) electrons. The Balaban J connectivity index is 2.13. The molecule has 0 bridgehead atoms. The first-order valence-electron chi connectivity index (χ1n) is 4.30. The lowest BCUT2D eigenvalue weighted by Gasteiger charge is -2.35. The molecule has 3 nitrogen and oxygen atoms in total. The summed E-state index contributed by atoms with van der Waals surface area (Å²) < 4.78 is 0. The standard InChI is InChI=1S/C8H18N2O/c1-10(5-7(9)6-11)8-3-2-4-8/h7-8,11H,2-6,9H2,1H3. The minimum Gasteiger partial charge on any atom is -0.395 e. The second-order valence-corrected chi connectivity index (χ2v) is 3.47. The zero-order chi connectivity index (χ0) is 8.27. The molecule has 1 rings (SSSR count). The normalized spacial score (nSPS) is 21.8. The molecule has 3 N–H and O–H groups in total. The Bertz CT molecular complexity index is 115. The number of nitrogens with zero attached hydrogens (tertiary/aromatic N) is 1. The van der Waals surface area contributed by atoms with Crippen molar-refractivity contribution in [2.75, 3.05) is 20.2 Å². The molecular weight excluding hydrogens is 140 g/mol. The summed E-state index contributed by atoms with van der Waals surface area (Å²) in [6.07, 6.45) is 3.95. The number of hydrogen-bond donors (Lipinski definition) is 2. The number of aliphatic hydroxyl groups is 1. The van der Waals surface area contributed by atoms with Gasteiger partial charge in [0, 0.05) is 18.6 Å². The van der Waals surface area contributed by atoms with Gasteiger partial charge in [0.15, 0.2) is 0 Å². The second-order valence-electron chi connectivity index (χ2n) is 3.47. The molecule has 11 heavy (non-hydrogen) atoms. The summed E-state index contributed by atoms with van der Waals surface area (Å²) in [5.74, 6) is 0. The average Bonchev–Trinajstić information content (AvgIpc) is 1.83. The molecule has 0 saturated heterocycles. The summed E-state index contributed by atoms with van der Waals surface area (Å²) in [7, 11) is 2.08. The van der Waals surface area contributed by atoms with Gasteiger partial charge in [-0.25, -0.2) is 0 Å². The minimum absolute atomic E-state index is 0.0689. The molecular formula is C8H18N2O. The van der Waals surface area contributed by atoms with Gasteiger partial charge < -0.3 is 15.7 Å². The van der Waals surface area contributed by atoms with E-state index in [2.05, 4.69) is 11.9 Å². The van der Waals surface area contributed by atoms with E-state index in [0.29, 0.717) is 0 Å². The number of likely N-dealkylation sites (N-methyl/N-ethyl adjacent to an activating group) is 1. The zero-order valence-electron chi connectivity index (χ0n) is 7.16. The van der Waals surface area contributed by atoms with Gasteiger partial charge in [0.2, 0.25) is 0 Å². The maximum atomic E-state index is 8.70. The lowest BCUT2D eigenvalue weighted by molar-refractivity contribution is 0.135. The van der Waals surface area contributed by atoms with E-state index in [1.54, 1.807) is 0 Å².